The van der Waals surface area contributed by atoms with E-state index in [0.29, 0.717) is 0 Å². The van der Waals surface area contributed by atoms with Crippen LogP contribution in [0.5, 0.6) is 0 Å². The van der Waals surface area contributed by atoms with Crippen LogP contribution in [0.1, 0.15) is 0 Å². The van der Waals surface area contributed by atoms with E-state index < -0.39 is 28.6 Å². The van der Waals surface area contributed by atoms with Gasteiger partial charge in [-0.3, -0.25) is 9.48 Å². The van der Waals surface area contributed by atoms with E-state index in [0.717, 1.165) is 21.4 Å². The average Bonchev–Trinajstić information content (AvgIpc) is 2.87. The summed E-state index contributed by atoms with van der Waals surface area (Å²) in [6, 6.07) is -0.642. The summed E-state index contributed by atoms with van der Waals surface area (Å²) < 4.78 is 32.1. The molecule has 2 N–H and O–H groups in total. The molecular weight excluding hydrogens is 290 g/mol. The van der Waals surface area contributed by atoms with Gasteiger partial charge in [0.1, 0.15) is 11.4 Å². The number of hydrogen-bond acceptors (Lipinski definition) is 6. The number of hydrogen-bond donors (Lipinski definition) is 2. The third kappa shape index (κ3) is 2.98. The molecule has 0 saturated carbocycles. The van der Waals surface area contributed by atoms with Crippen LogP contribution in [0.2, 0.25) is 0 Å². The van der Waals surface area contributed by atoms with Crippen molar-refractivity contribution in [2.24, 2.45) is 0 Å². The fourth-order valence-corrected chi connectivity index (χ4v) is 3.48. The Balaban J connectivity index is 2.24. The van der Waals surface area contributed by atoms with Gasteiger partial charge in [0.2, 0.25) is 10.0 Å². The van der Waals surface area contributed by atoms with Gasteiger partial charge in [-0.15, -0.1) is 0 Å². The quantitative estimate of drug-likeness (QED) is 0.668. The van der Waals surface area contributed by atoms with Crippen molar-refractivity contribution >= 4 is 16.0 Å². The Morgan fingerprint density at radius 2 is 2.30 bits per heavy atom. The third-order valence-electron chi connectivity index (χ3n) is 2.90. The minimum atomic E-state index is -3.82. The Hall–Kier alpha value is -1.49. The topological polar surface area (TPSA) is 122 Å². The Labute approximate surface area is 115 Å². The molecule has 0 spiro atoms. The number of carboxylic acid groups (broad SMARTS) is 1. The van der Waals surface area contributed by atoms with Crippen LogP contribution in [-0.2, 0) is 26.1 Å². The normalized spacial score (nSPS) is 20.9. The van der Waals surface area contributed by atoms with E-state index in [9.17, 15) is 18.3 Å². The fourth-order valence-electron chi connectivity index (χ4n) is 1.94. The predicted octanol–water partition coefficient (Wildman–Crippen LogP) is -1.65. The van der Waals surface area contributed by atoms with Gasteiger partial charge >= 0.3 is 5.97 Å². The molecule has 2 rings (SSSR count). The van der Waals surface area contributed by atoms with Gasteiger partial charge in [0, 0.05) is 12.7 Å². The molecule has 2 heterocycles. The number of aliphatic carboxylic acids is 1. The monoisotopic (exact) mass is 305 g/mol. The summed E-state index contributed by atoms with van der Waals surface area (Å²) in [6.45, 7) is -0.250. The number of nitrogens with zero attached hydrogens (tertiary/aromatic N) is 3. The molecule has 1 aromatic heterocycles. The van der Waals surface area contributed by atoms with Crippen molar-refractivity contribution in [3.8, 4) is 0 Å². The highest BCUT2D eigenvalue weighted by Crippen LogP contribution is 2.19. The third-order valence-corrected chi connectivity index (χ3v) is 4.80. The second-order valence-corrected chi connectivity index (χ2v) is 6.18. The van der Waals surface area contributed by atoms with Crippen LogP contribution >= 0.6 is 0 Å². The van der Waals surface area contributed by atoms with Gasteiger partial charge < -0.3 is 14.9 Å². The van der Waals surface area contributed by atoms with E-state index in [4.69, 9.17) is 9.84 Å². The first kappa shape index (κ1) is 14.9. The van der Waals surface area contributed by atoms with Crippen LogP contribution in [0.15, 0.2) is 17.3 Å². The zero-order chi connectivity index (χ0) is 14.8. The van der Waals surface area contributed by atoms with E-state index in [-0.39, 0.29) is 31.3 Å². The Bertz CT molecular complexity index is 584. The molecule has 1 saturated heterocycles. The number of carboxylic acids is 1. The highest BCUT2D eigenvalue weighted by Gasteiger charge is 2.34. The molecule has 0 aliphatic carbocycles. The van der Waals surface area contributed by atoms with Crippen LogP contribution in [0, 0.1) is 0 Å². The smallest absolute Gasteiger partial charge is 0.325 e. The highest BCUT2D eigenvalue weighted by atomic mass is 32.2. The number of morpholine rings is 1. The molecule has 0 bridgehead atoms. The van der Waals surface area contributed by atoms with Crippen LogP contribution in [0.4, 0.5) is 0 Å². The number of ether oxygens (including phenoxy) is 1. The SMILES string of the molecule is O=C(O)Cn1cc(S(=O)(=O)N2CCOCC2CO)cn1. The summed E-state index contributed by atoms with van der Waals surface area (Å²) in [5, 5.41) is 21.6. The molecule has 9 nitrogen and oxygen atoms in total. The van der Waals surface area contributed by atoms with Gasteiger partial charge in [-0.2, -0.15) is 9.40 Å². The van der Waals surface area contributed by atoms with Crippen molar-refractivity contribution in [1.29, 1.82) is 0 Å². The maximum atomic E-state index is 12.4. The van der Waals surface area contributed by atoms with Crippen molar-refractivity contribution in [3.05, 3.63) is 12.4 Å². The summed E-state index contributed by atoms with van der Waals surface area (Å²) in [4.78, 5) is 10.5. The van der Waals surface area contributed by atoms with Gasteiger partial charge in [0.15, 0.2) is 0 Å². The van der Waals surface area contributed by atoms with Crippen molar-refractivity contribution in [3.63, 3.8) is 0 Å². The van der Waals surface area contributed by atoms with Gasteiger partial charge in [-0.05, 0) is 0 Å². The molecule has 1 fully saturated rings. The highest BCUT2D eigenvalue weighted by molar-refractivity contribution is 7.89. The number of rotatable bonds is 5. The van der Waals surface area contributed by atoms with Crippen molar-refractivity contribution in [2.75, 3.05) is 26.4 Å². The molecule has 1 aromatic rings. The van der Waals surface area contributed by atoms with Gasteiger partial charge in [0.25, 0.3) is 0 Å². The summed E-state index contributed by atoms with van der Waals surface area (Å²) in [6.07, 6.45) is 2.26. The first-order chi connectivity index (χ1) is 9.45. The molecule has 1 unspecified atom stereocenters. The summed E-state index contributed by atoms with van der Waals surface area (Å²) >= 11 is 0. The molecule has 0 aromatic carbocycles. The van der Waals surface area contributed by atoms with E-state index in [1.165, 1.54) is 0 Å². The van der Waals surface area contributed by atoms with Crippen molar-refractivity contribution < 1.29 is 28.2 Å². The van der Waals surface area contributed by atoms with E-state index >= 15 is 0 Å². The number of carbonyl (C=O) groups is 1. The van der Waals surface area contributed by atoms with E-state index in [1.807, 2.05) is 0 Å². The van der Waals surface area contributed by atoms with E-state index in [2.05, 4.69) is 5.10 Å². The molecule has 112 valence electrons. The van der Waals surface area contributed by atoms with Gasteiger partial charge in [-0.25, -0.2) is 8.42 Å². The number of aliphatic hydroxyl groups is 1. The lowest BCUT2D eigenvalue weighted by molar-refractivity contribution is -0.137. The maximum absolute atomic E-state index is 12.4. The van der Waals surface area contributed by atoms with Gasteiger partial charge in [-0.1, -0.05) is 0 Å². The lowest BCUT2D eigenvalue weighted by Crippen LogP contribution is -2.50. The zero-order valence-electron chi connectivity index (χ0n) is 10.5. The molecule has 1 aliphatic rings. The Kier molecular flexibility index (Phi) is 4.38. The van der Waals surface area contributed by atoms with Crippen LogP contribution in [0.3, 0.4) is 0 Å². The predicted molar refractivity (Wildman–Crippen MR) is 65.4 cm³/mol. The minimum absolute atomic E-state index is 0.0981. The molecule has 0 radical (unpaired) electrons. The second-order valence-electron chi connectivity index (χ2n) is 4.29. The fraction of sp³-hybridized carbons (Fsp3) is 0.600. The minimum Gasteiger partial charge on any atom is -0.480 e. The molecule has 1 aliphatic heterocycles. The van der Waals surface area contributed by atoms with Crippen LogP contribution in [0.25, 0.3) is 0 Å². The molecule has 10 heteroatoms. The van der Waals surface area contributed by atoms with Crippen LogP contribution in [-0.4, -0.2) is 71.1 Å². The average molecular weight is 305 g/mol. The number of aliphatic hydroxyl groups excluding tert-OH is 1. The maximum Gasteiger partial charge on any atom is 0.325 e. The molecule has 1 atom stereocenters. The number of aromatic nitrogens is 2. The molecule has 20 heavy (non-hydrogen) atoms. The Morgan fingerprint density at radius 1 is 1.55 bits per heavy atom. The Morgan fingerprint density at radius 3 is 2.95 bits per heavy atom. The summed E-state index contributed by atoms with van der Waals surface area (Å²) in [5.41, 5.74) is 0. The first-order valence-corrected chi connectivity index (χ1v) is 7.34. The first-order valence-electron chi connectivity index (χ1n) is 5.90. The van der Waals surface area contributed by atoms with E-state index in [1.54, 1.807) is 0 Å². The van der Waals surface area contributed by atoms with Crippen molar-refractivity contribution in [2.45, 2.75) is 17.5 Å². The lowest BCUT2D eigenvalue weighted by Gasteiger charge is -2.32. The molecule has 0 amide bonds. The van der Waals surface area contributed by atoms with Crippen LogP contribution < -0.4 is 0 Å². The lowest BCUT2D eigenvalue weighted by atomic mass is 10.3. The summed E-state index contributed by atoms with van der Waals surface area (Å²) in [7, 11) is -3.82. The standard InChI is InChI=1S/C10H15N3O6S/c14-6-8-7-19-2-1-13(8)20(17,18)9-3-11-12(4-9)5-10(15)16/h3-4,8,14H,1-2,5-7H2,(H,15,16). The zero-order valence-corrected chi connectivity index (χ0v) is 11.4. The summed E-state index contributed by atoms with van der Waals surface area (Å²) in [5.74, 6) is -1.11. The molecular formula is C10H15N3O6S. The van der Waals surface area contributed by atoms with Gasteiger partial charge in [0.05, 0.1) is 32.1 Å². The number of sulfonamides is 1. The largest absolute Gasteiger partial charge is 0.480 e. The second kappa shape index (κ2) is 5.87. The van der Waals surface area contributed by atoms with Crippen molar-refractivity contribution in [1.82, 2.24) is 14.1 Å².